The van der Waals surface area contributed by atoms with Crippen molar-refractivity contribution in [2.45, 2.75) is 57.8 Å². The molecule has 0 aliphatic carbocycles. The molecule has 0 unspecified atom stereocenters. The molecule has 8 nitrogen and oxygen atoms in total. The van der Waals surface area contributed by atoms with E-state index >= 15 is 0 Å². The summed E-state index contributed by atoms with van der Waals surface area (Å²) in [6.45, 7) is 1.33. The van der Waals surface area contributed by atoms with Crippen molar-refractivity contribution in [2.24, 2.45) is 0 Å². The summed E-state index contributed by atoms with van der Waals surface area (Å²) in [5.41, 5.74) is 3.20. The first kappa shape index (κ1) is 32.3. The van der Waals surface area contributed by atoms with E-state index in [0.717, 1.165) is 22.3 Å². The molecule has 0 saturated heterocycles. The third-order valence-electron chi connectivity index (χ3n) is 6.69. The van der Waals surface area contributed by atoms with Gasteiger partial charge >= 0.3 is 11.9 Å². The van der Waals surface area contributed by atoms with Crippen LogP contribution in [0, 0.1) is 0 Å². The highest BCUT2D eigenvalue weighted by atomic mass is 16.6. The Labute approximate surface area is 257 Å². The Kier molecular flexibility index (Phi) is 12.8. The Morgan fingerprint density at radius 1 is 0.568 bits per heavy atom. The molecule has 0 bridgehead atoms. The van der Waals surface area contributed by atoms with Gasteiger partial charge in [-0.05, 0) is 22.3 Å². The molecule has 0 N–H and O–H groups in total. The van der Waals surface area contributed by atoms with Gasteiger partial charge in [0, 0.05) is 6.92 Å². The van der Waals surface area contributed by atoms with Crippen molar-refractivity contribution in [2.75, 3.05) is 0 Å². The van der Waals surface area contributed by atoms with Gasteiger partial charge < -0.3 is 28.5 Å². The maximum atomic E-state index is 13.6. The van der Waals surface area contributed by atoms with Crippen LogP contribution in [-0.4, -0.2) is 42.6 Å². The summed E-state index contributed by atoms with van der Waals surface area (Å²) in [6, 6.07) is 37.1. The van der Waals surface area contributed by atoms with Crippen LogP contribution in [0.2, 0.25) is 0 Å². The molecule has 228 valence electrons. The Morgan fingerprint density at radius 3 is 1.36 bits per heavy atom. The monoisotopic (exact) mass is 596 g/mol. The Bertz CT molecular complexity index is 1410. The zero-order valence-electron chi connectivity index (χ0n) is 24.5. The van der Waals surface area contributed by atoms with Crippen LogP contribution in [0.25, 0.3) is 0 Å². The van der Waals surface area contributed by atoms with Crippen LogP contribution >= 0.6 is 0 Å². The van der Waals surface area contributed by atoms with E-state index in [1.807, 2.05) is 121 Å². The first-order valence-electron chi connectivity index (χ1n) is 14.3. The minimum absolute atomic E-state index is 0.0324. The van der Waals surface area contributed by atoms with Crippen LogP contribution in [0.3, 0.4) is 0 Å². The molecule has 0 aromatic heterocycles. The fourth-order valence-corrected chi connectivity index (χ4v) is 4.48. The van der Waals surface area contributed by atoms with Gasteiger partial charge in [0.15, 0.2) is 6.29 Å². The lowest BCUT2D eigenvalue weighted by Gasteiger charge is -2.34. The van der Waals surface area contributed by atoms with Crippen molar-refractivity contribution in [3.8, 4) is 0 Å². The molecule has 44 heavy (non-hydrogen) atoms. The first-order chi connectivity index (χ1) is 21.5. The Morgan fingerprint density at radius 2 is 0.955 bits per heavy atom. The van der Waals surface area contributed by atoms with Gasteiger partial charge in [-0.15, -0.1) is 0 Å². The SMILES string of the molecule is CC(=O)O[C@H](C(=O)OCc1ccccc1)[C@@H](OCc1ccccc1)[C@H](OCc1ccccc1)[C@H](C=O)OCc1ccccc1. The second-order valence-corrected chi connectivity index (χ2v) is 10.0. The second kappa shape index (κ2) is 17.5. The highest BCUT2D eigenvalue weighted by Crippen LogP contribution is 2.23. The third kappa shape index (κ3) is 10.3. The van der Waals surface area contributed by atoms with E-state index < -0.39 is 36.4 Å². The van der Waals surface area contributed by atoms with Crippen molar-refractivity contribution in [1.82, 2.24) is 0 Å². The van der Waals surface area contributed by atoms with Crippen LogP contribution in [0.15, 0.2) is 121 Å². The van der Waals surface area contributed by atoms with E-state index in [1.54, 1.807) is 0 Å². The molecular weight excluding hydrogens is 560 g/mol. The Balaban J connectivity index is 1.67. The number of esters is 2. The molecule has 0 amide bonds. The molecule has 8 heteroatoms. The number of hydrogen-bond donors (Lipinski definition) is 0. The van der Waals surface area contributed by atoms with E-state index in [1.165, 1.54) is 6.92 Å². The molecule has 4 atom stereocenters. The van der Waals surface area contributed by atoms with Gasteiger partial charge in [-0.25, -0.2) is 4.79 Å². The zero-order valence-corrected chi connectivity index (χ0v) is 24.5. The molecule has 0 aliphatic heterocycles. The summed E-state index contributed by atoms with van der Waals surface area (Å²) in [7, 11) is 0. The normalized spacial score (nSPS) is 13.7. The predicted molar refractivity (Wildman–Crippen MR) is 163 cm³/mol. The number of benzene rings is 4. The van der Waals surface area contributed by atoms with Gasteiger partial charge in [-0.3, -0.25) is 4.79 Å². The summed E-state index contributed by atoms with van der Waals surface area (Å²) in [6.07, 6.45) is -4.61. The molecule has 0 spiro atoms. The van der Waals surface area contributed by atoms with Crippen molar-refractivity contribution in [3.63, 3.8) is 0 Å². The lowest BCUT2D eigenvalue weighted by Crippen LogP contribution is -2.53. The molecule has 4 rings (SSSR count). The van der Waals surface area contributed by atoms with Gasteiger partial charge in [-0.1, -0.05) is 121 Å². The molecule has 0 radical (unpaired) electrons. The van der Waals surface area contributed by atoms with Crippen LogP contribution in [0.4, 0.5) is 0 Å². The topological polar surface area (TPSA) is 97.4 Å². The molecular formula is C36H36O8. The summed E-state index contributed by atoms with van der Waals surface area (Å²) >= 11 is 0. The maximum Gasteiger partial charge on any atom is 0.350 e. The minimum Gasteiger partial charge on any atom is -0.458 e. The molecule has 4 aromatic carbocycles. The number of aldehydes is 1. The smallest absolute Gasteiger partial charge is 0.350 e. The number of rotatable bonds is 17. The number of carbonyl (C=O) groups excluding carboxylic acids is 3. The van der Waals surface area contributed by atoms with Crippen LogP contribution in [0.1, 0.15) is 29.2 Å². The quantitative estimate of drug-likeness (QED) is 0.115. The first-order valence-corrected chi connectivity index (χ1v) is 14.3. The summed E-state index contributed by atoms with van der Waals surface area (Å²) in [4.78, 5) is 38.5. The van der Waals surface area contributed by atoms with Gasteiger partial charge in [-0.2, -0.15) is 0 Å². The predicted octanol–water partition coefficient (Wildman–Crippen LogP) is 5.62. The van der Waals surface area contributed by atoms with E-state index in [4.69, 9.17) is 23.7 Å². The van der Waals surface area contributed by atoms with E-state index in [2.05, 4.69) is 0 Å². The van der Waals surface area contributed by atoms with E-state index in [-0.39, 0.29) is 26.4 Å². The van der Waals surface area contributed by atoms with E-state index in [0.29, 0.717) is 6.29 Å². The maximum absolute atomic E-state index is 13.6. The molecule has 0 aliphatic rings. The summed E-state index contributed by atoms with van der Waals surface area (Å²) in [5.74, 6) is -1.57. The van der Waals surface area contributed by atoms with Crippen molar-refractivity contribution in [1.29, 1.82) is 0 Å². The fourth-order valence-electron chi connectivity index (χ4n) is 4.48. The van der Waals surface area contributed by atoms with Gasteiger partial charge in [0.2, 0.25) is 6.10 Å². The van der Waals surface area contributed by atoms with Crippen LogP contribution < -0.4 is 0 Å². The average molecular weight is 597 g/mol. The second-order valence-electron chi connectivity index (χ2n) is 10.0. The van der Waals surface area contributed by atoms with E-state index in [9.17, 15) is 14.4 Å². The summed E-state index contributed by atoms with van der Waals surface area (Å²) in [5, 5.41) is 0. The summed E-state index contributed by atoms with van der Waals surface area (Å²) < 4.78 is 29.8. The standard InChI is InChI=1S/C36H36O8/c1-27(38)44-35(36(39)43-26-31-20-12-5-13-21-31)34(42-25-30-18-10-4-11-19-30)33(41-24-29-16-8-3-9-17-29)32(22-37)40-23-28-14-6-2-7-15-28/h2-22,32-35H,23-26H2,1H3/t32-,33+,34-,35-/m0/s1. The third-order valence-corrected chi connectivity index (χ3v) is 6.69. The average Bonchev–Trinajstić information content (AvgIpc) is 3.07. The van der Waals surface area contributed by atoms with Crippen LogP contribution in [0.5, 0.6) is 0 Å². The zero-order chi connectivity index (χ0) is 31.0. The largest absolute Gasteiger partial charge is 0.458 e. The lowest BCUT2D eigenvalue weighted by atomic mass is 10.0. The molecule has 0 heterocycles. The van der Waals surface area contributed by atoms with Crippen molar-refractivity contribution >= 4 is 18.2 Å². The van der Waals surface area contributed by atoms with Crippen molar-refractivity contribution < 1.29 is 38.1 Å². The van der Waals surface area contributed by atoms with Gasteiger partial charge in [0.1, 0.15) is 24.9 Å². The fraction of sp³-hybridized carbons (Fsp3) is 0.250. The highest BCUT2D eigenvalue weighted by molar-refractivity contribution is 5.79. The number of carbonyl (C=O) groups is 3. The molecule has 0 saturated carbocycles. The highest BCUT2D eigenvalue weighted by Gasteiger charge is 2.44. The van der Waals surface area contributed by atoms with Gasteiger partial charge in [0.05, 0.1) is 19.8 Å². The Hall–Kier alpha value is -4.63. The van der Waals surface area contributed by atoms with Gasteiger partial charge in [0.25, 0.3) is 0 Å². The van der Waals surface area contributed by atoms with Crippen LogP contribution in [-0.2, 0) is 64.5 Å². The molecule has 4 aromatic rings. The minimum atomic E-state index is -1.57. The molecule has 0 fully saturated rings. The van der Waals surface area contributed by atoms with Crippen molar-refractivity contribution in [3.05, 3.63) is 144 Å². The number of ether oxygens (including phenoxy) is 5. The lowest BCUT2D eigenvalue weighted by molar-refractivity contribution is -0.203. The number of hydrogen-bond acceptors (Lipinski definition) is 8.